The van der Waals surface area contributed by atoms with Crippen LogP contribution >= 0.6 is 0 Å². The van der Waals surface area contributed by atoms with E-state index in [4.69, 9.17) is 9.47 Å². The topological polar surface area (TPSA) is 82.5 Å². The van der Waals surface area contributed by atoms with E-state index in [0.717, 1.165) is 11.3 Å². The molecule has 1 amide bonds. The van der Waals surface area contributed by atoms with Gasteiger partial charge in [0.1, 0.15) is 0 Å². The van der Waals surface area contributed by atoms with E-state index < -0.39 is 18.5 Å². The Kier molecular flexibility index (Phi) is 5.51. The van der Waals surface area contributed by atoms with Crippen LogP contribution in [0.25, 0.3) is 5.69 Å². The summed E-state index contributed by atoms with van der Waals surface area (Å²) in [6.45, 7) is 1.53. The van der Waals surface area contributed by atoms with Gasteiger partial charge in [0.15, 0.2) is 12.4 Å². The highest BCUT2D eigenvalue weighted by molar-refractivity contribution is 5.95. The number of nitrogens with zero attached hydrogens (tertiary/aromatic N) is 2. The third kappa shape index (κ3) is 4.52. The number of nitrogens with one attached hydrogen (secondary N) is 1. The number of methoxy groups -OCH3 is 1. The lowest BCUT2D eigenvalue weighted by Gasteiger charge is -2.06. The first-order valence-electron chi connectivity index (χ1n) is 8.29. The summed E-state index contributed by atoms with van der Waals surface area (Å²) in [6.07, 6.45) is 1.58. The number of rotatable bonds is 6. The summed E-state index contributed by atoms with van der Waals surface area (Å²) in [5.74, 6) is -0.906. The minimum Gasteiger partial charge on any atom is -0.493 e. The molecule has 0 spiro atoms. The largest absolute Gasteiger partial charge is 0.493 e. The maximum Gasteiger partial charge on any atom is 0.363 e. The van der Waals surface area contributed by atoms with Crippen LogP contribution in [-0.2, 0) is 9.53 Å². The number of amides is 1. The summed E-state index contributed by atoms with van der Waals surface area (Å²) in [7, 11) is 1.44. The van der Waals surface area contributed by atoms with Gasteiger partial charge in [-0.05, 0) is 31.2 Å². The number of carbonyl (C=O) groups is 2. The minimum absolute atomic E-state index is 0.00416. The Labute approximate surface area is 156 Å². The Morgan fingerprint density at radius 2 is 1.78 bits per heavy atom. The average molecular weight is 365 g/mol. The predicted octanol–water partition coefficient (Wildman–Crippen LogP) is 2.98. The van der Waals surface area contributed by atoms with Gasteiger partial charge < -0.3 is 14.8 Å². The Hall–Kier alpha value is -3.61. The number of para-hydroxylation sites is 1. The Morgan fingerprint density at radius 1 is 1.07 bits per heavy atom. The molecular formula is C20H19N3O4. The standard InChI is InChI=1S/C20H19N3O4/c1-14-8-10-15(11-9-14)21-18(24)13-27-20(25)19-17(26-2)12-23(22-19)16-6-4-3-5-7-16/h3-12H,13H2,1-2H3,(H,21,24). The zero-order valence-corrected chi connectivity index (χ0v) is 15.0. The molecule has 0 unspecified atom stereocenters. The van der Waals surface area contributed by atoms with Gasteiger partial charge in [-0.3, -0.25) is 4.79 Å². The third-order valence-corrected chi connectivity index (χ3v) is 3.78. The number of aryl methyl sites for hydroxylation is 1. The number of benzene rings is 2. The lowest BCUT2D eigenvalue weighted by atomic mass is 10.2. The van der Waals surface area contributed by atoms with E-state index in [2.05, 4.69) is 10.4 Å². The first-order valence-corrected chi connectivity index (χ1v) is 8.29. The maximum atomic E-state index is 12.3. The summed E-state index contributed by atoms with van der Waals surface area (Å²) in [5.41, 5.74) is 2.49. The fraction of sp³-hybridized carbons (Fsp3) is 0.150. The van der Waals surface area contributed by atoms with Crippen molar-refractivity contribution in [1.29, 1.82) is 0 Å². The van der Waals surface area contributed by atoms with Crippen molar-refractivity contribution in [3.63, 3.8) is 0 Å². The van der Waals surface area contributed by atoms with Crippen molar-refractivity contribution in [2.24, 2.45) is 0 Å². The molecule has 0 aliphatic carbocycles. The zero-order valence-electron chi connectivity index (χ0n) is 15.0. The van der Waals surface area contributed by atoms with Crippen LogP contribution in [0.5, 0.6) is 5.75 Å². The second-order valence-corrected chi connectivity index (χ2v) is 5.82. The van der Waals surface area contributed by atoms with Crippen LogP contribution < -0.4 is 10.1 Å². The van der Waals surface area contributed by atoms with Crippen LogP contribution in [0, 0.1) is 6.92 Å². The zero-order chi connectivity index (χ0) is 19.2. The first kappa shape index (κ1) is 18.2. The van der Waals surface area contributed by atoms with Crippen molar-refractivity contribution in [1.82, 2.24) is 9.78 Å². The molecule has 0 aliphatic heterocycles. The fourth-order valence-electron chi connectivity index (χ4n) is 2.40. The van der Waals surface area contributed by atoms with Gasteiger partial charge in [-0.25, -0.2) is 9.48 Å². The molecule has 0 atom stereocenters. The number of hydrogen-bond donors (Lipinski definition) is 1. The van der Waals surface area contributed by atoms with Crippen molar-refractivity contribution >= 4 is 17.6 Å². The highest BCUT2D eigenvalue weighted by Crippen LogP contribution is 2.20. The molecular weight excluding hydrogens is 346 g/mol. The molecule has 138 valence electrons. The molecule has 0 saturated heterocycles. The summed E-state index contributed by atoms with van der Waals surface area (Å²) >= 11 is 0. The van der Waals surface area contributed by atoms with E-state index in [1.54, 1.807) is 18.3 Å². The molecule has 27 heavy (non-hydrogen) atoms. The van der Waals surface area contributed by atoms with E-state index >= 15 is 0 Å². The predicted molar refractivity (Wildman–Crippen MR) is 100 cm³/mol. The number of ether oxygens (including phenoxy) is 2. The molecule has 3 rings (SSSR count). The highest BCUT2D eigenvalue weighted by Gasteiger charge is 2.20. The van der Waals surface area contributed by atoms with Crippen molar-refractivity contribution in [3.05, 3.63) is 72.1 Å². The van der Waals surface area contributed by atoms with Gasteiger partial charge in [-0.1, -0.05) is 35.9 Å². The quantitative estimate of drug-likeness (QED) is 0.679. The lowest BCUT2D eigenvalue weighted by molar-refractivity contribution is -0.119. The molecule has 1 N–H and O–H groups in total. The number of anilines is 1. The van der Waals surface area contributed by atoms with Crippen molar-refractivity contribution < 1.29 is 19.1 Å². The second kappa shape index (κ2) is 8.18. The van der Waals surface area contributed by atoms with E-state index in [-0.39, 0.29) is 11.4 Å². The SMILES string of the molecule is COc1cn(-c2ccccc2)nc1C(=O)OCC(=O)Nc1ccc(C)cc1. The Balaban J connectivity index is 1.64. The van der Waals surface area contributed by atoms with Gasteiger partial charge in [0.2, 0.25) is 5.69 Å². The highest BCUT2D eigenvalue weighted by atomic mass is 16.5. The number of carbonyl (C=O) groups excluding carboxylic acids is 2. The third-order valence-electron chi connectivity index (χ3n) is 3.78. The van der Waals surface area contributed by atoms with Gasteiger partial charge in [-0.15, -0.1) is 0 Å². The van der Waals surface area contributed by atoms with E-state index in [9.17, 15) is 9.59 Å². The Morgan fingerprint density at radius 3 is 2.44 bits per heavy atom. The fourth-order valence-corrected chi connectivity index (χ4v) is 2.40. The smallest absolute Gasteiger partial charge is 0.363 e. The molecule has 0 aliphatic rings. The summed E-state index contributed by atoms with van der Waals surface area (Å²) in [4.78, 5) is 24.3. The average Bonchev–Trinajstić information content (AvgIpc) is 3.13. The van der Waals surface area contributed by atoms with Crippen LogP contribution in [-0.4, -0.2) is 35.4 Å². The van der Waals surface area contributed by atoms with Gasteiger partial charge in [0.05, 0.1) is 19.0 Å². The van der Waals surface area contributed by atoms with Gasteiger partial charge >= 0.3 is 5.97 Å². The van der Waals surface area contributed by atoms with E-state index in [1.807, 2.05) is 49.4 Å². The number of aromatic nitrogens is 2. The molecule has 0 fully saturated rings. The van der Waals surface area contributed by atoms with Gasteiger partial charge in [-0.2, -0.15) is 5.10 Å². The van der Waals surface area contributed by atoms with Crippen LogP contribution in [0.3, 0.4) is 0 Å². The van der Waals surface area contributed by atoms with Crippen LogP contribution in [0.1, 0.15) is 16.1 Å². The van der Waals surface area contributed by atoms with Gasteiger partial charge in [0.25, 0.3) is 5.91 Å². The lowest BCUT2D eigenvalue weighted by Crippen LogP contribution is -2.21. The summed E-state index contributed by atoms with van der Waals surface area (Å²) in [5, 5.41) is 6.87. The molecule has 2 aromatic carbocycles. The molecule has 0 radical (unpaired) electrons. The number of esters is 1. The molecule has 7 nitrogen and oxygen atoms in total. The molecule has 7 heteroatoms. The van der Waals surface area contributed by atoms with Crippen LogP contribution in [0.4, 0.5) is 5.69 Å². The number of hydrogen-bond acceptors (Lipinski definition) is 5. The van der Waals surface area contributed by atoms with Gasteiger partial charge in [0, 0.05) is 5.69 Å². The van der Waals surface area contributed by atoms with Crippen molar-refractivity contribution in [2.75, 3.05) is 19.0 Å². The molecule has 0 bridgehead atoms. The summed E-state index contributed by atoms with van der Waals surface area (Å²) in [6, 6.07) is 16.6. The van der Waals surface area contributed by atoms with E-state index in [1.165, 1.54) is 11.8 Å². The van der Waals surface area contributed by atoms with Crippen molar-refractivity contribution in [2.45, 2.75) is 6.92 Å². The molecule has 0 saturated carbocycles. The van der Waals surface area contributed by atoms with Crippen LogP contribution in [0.2, 0.25) is 0 Å². The van der Waals surface area contributed by atoms with Crippen LogP contribution in [0.15, 0.2) is 60.8 Å². The maximum absolute atomic E-state index is 12.3. The minimum atomic E-state index is -0.736. The van der Waals surface area contributed by atoms with E-state index in [0.29, 0.717) is 5.69 Å². The first-order chi connectivity index (χ1) is 13.1. The van der Waals surface area contributed by atoms with Crippen molar-refractivity contribution in [3.8, 4) is 11.4 Å². The monoisotopic (exact) mass is 365 g/mol. The normalized spacial score (nSPS) is 10.3. The second-order valence-electron chi connectivity index (χ2n) is 5.82. The molecule has 1 aromatic heterocycles. The summed E-state index contributed by atoms with van der Waals surface area (Å²) < 4.78 is 11.8. The molecule has 1 heterocycles. The Bertz CT molecular complexity index is 934. The molecule has 3 aromatic rings.